The molecular formula is C26H30N2O4S. The summed E-state index contributed by atoms with van der Waals surface area (Å²) in [5, 5.41) is 0.942. The number of piperidine rings is 1. The maximum atomic E-state index is 12.2. The number of hydrogen-bond donors (Lipinski definition) is 0. The highest BCUT2D eigenvalue weighted by Crippen LogP contribution is 2.33. The number of carbonyl (C=O) groups is 1. The number of nitrogens with zero attached hydrogens (tertiary/aromatic N) is 2. The summed E-state index contributed by atoms with van der Waals surface area (Å²) in [6.07, 6.45) is 4.55. The largest absolute Gasteiger partial charge is 0.490 e. The lowest BCUT2D eigenvalue weighted by Gasteiger charge is -2.32. The van der Waals surface area contributed by atoms with Crippen molar-refractivity contribution >= 4 is 32.4 Å². The van der Waals surface area contributed by atoms with Crippen molar-refractivity contribution in [2.24, 2.45) is 0 Å². The van der Waals surface area contributed by atoms with Gasteiger partial charge in [-0.05, 0) is 59.1 Å². The highest BCUT2D eigenvalue weighted by Gasteiger charge is 2.26. The van der Waals surface area contributed by atoms with Crippen LogP contribution in [0.2, 0.25) is 0 Å². The van der Waals surface area contributed by atoms with Crippen LogP contribution in [-0.4, -0.2) is 57.6 Å². The Morgan fingerprint density at radius 2 is 1.82 bits per heavy atom. The van der Waals surface area contributed by atoms with Gasteiger partial charge in [0, 0.05) is 54.2 Å². The quantitative estimate of drug-likeness (QED) is 0.495. The maximum Gasteiger partial charge on any atom is 0.410 e. The maximum absolute atomic E-state index is 12.2. The van der Waals surface area contributed by atoms with Crippen molar-refractivity contribution in [1.82, 2.24) is 9.88 Å². The molecule has 2 heterocycles. The van der Waals surface area contributed by atoms with Crippen LogP contribution >= 0.6 is 0 Å². The van der Waals surface area contributed by atoms with Gasteiger partial charge in [0.05, 0.1) is 11.6 Å². The third kappa shape index (κ3) is 5.30. The Hall–Kier alpha value is -3.06. The molecule has 0 saturated carbocycles. The zero-order chi connectivity index (χ0) is 23.6. The summed E-state index contributed by atoms with van der Waals surface area (Å²) in [5.74, 6) is 4.54. The first kappa shape index (κ1) is 23.1. The Morgan fingerprint density at radius 3 is 2.45 bits per heavy atom. The van der Waals surface area contributed by atoms with Gasteiger partial charge in [-0.3, -0.25) is 9.19 Å². The highest BCUT2D eigenvalue weighted by molar-refractivity contribution is 7.99. The summed E-state index contributed by atoms with van der Waals surface area (Å²) in [4.78, 5) is 19.2. The van der Waals surface area contributed by atoms with E-state index in [9.17, 15) is 9.00 Å². The van der Waals surface area contributed by atoms with Gasteiger partial charge >= 0.3 is 6.09 Å². The van der Waals surface area contributed by atoms with E-state index in [2.05, 4.69) is 10.9 Å². The number of para-hydroxylation sites is 1. The van der Waals surface area contributed by atoms with Crippen LogP contribution in [0, 0.1) is 0 Å². The Bertz CT molecular complexity index is 1250. The van der Waals surface area contributed by atoms with Crippen LogP contribution in [0.15, 0.2) is 59.6 Å². The van der Waals surface area contributed by atoms with Crippen LogP contribution in [0.3, 0.4) is 0 Å². The highest BCUT2D eigenvalue weighted by atomic mass is 32.2. The second kappa shape index (κ2) is 9.43. The van der Waals surface area contributed by atoms with Crippen molar-refractivity contribution in [3.63, 3.8) is 0 Å². The number of pyridine rings is 1. The molecule has 3 aromatic rings. The van der Waals surface area contributed by atoms with Crippen molar-refractivity contribution in [1.29, 1.82) is 0 Å². The molecule has 0 spiro atoms. The SMILES string of the molecule is C=S(C)(=O)c1ccc(-c2cccc3c(OC4CCN(C(=O)OC(C)C)CC4)ccnc23)cc1. The molecule has 174 valence electrons. The topological polar surface area (TPSA) is 68.7 Å². The zero-order valence-corrected chi connectivity index (χ0v) is 20.1. The predicted octanol–water partition coefficient (Wildman–Crippen LogP) is 5.00. The zero-order valence-electron chi connectivity index (χ0n) is 19.3. The van der Waals surface area contributed by atoms with Gasteiger partial charge in [0.2, 0.25) is 0 Å². The van der Waals surface area contributed by atoms with Crippen LogP contribution in [0.25, 0.3) is 22.0 Å². The number of benzene rings is 2. The molecule has 1 aliphatic rings. The molecule has 33 heavy (non-hydrogen) atoms. The molecule has 1 unspecified atom stereocenters. The lowest BCUT2D eigenvalue weighted by Crippen LogP contribution is -2.42. The first-order valence-electron chi connectivity index (χ1n) is 11.1. The van der Waals surface area contributed by atoms with Crippen LogP contribution in [0.1, 0.15) is 26.7 Å². The fourth-order valence-electron chi connectivity index (χ4n) is 4.02. The summed E-state index contributed by atoms with van der Waals surface area (Å²) in [7, 11) is -2.25. The minimum atomic E-state index is -2.25. The standard InChI is InChI=1S/C26H30N2O4S/c1-18(2)31-26(29)28-16-13-20(14-17-28)32-24-12-15-27-25-22(6-5-7-23(24)25)19-8-10-21(11-9-19)33(3,4)30/h5-12,15,18,20H,3,13-14,16-17H2,1-2,4H3. The van der Waals surface area contributed by atoms with E-state index < -0.39 is 9.52 Å². The molecule has 1 atom stereocenters. The lowest BCUT2D eigenvalue weighted by molar-refractivity contribution is 0.0520. The lowest BCUT2D eigenvalue weighted by atomic mass is 10.0. The van der Waals surface area contributed by atoms with Crippen molar-refractivity contribution in [3.8, 4) is 16.9 Å². The number of ether oxygens (including phenoxy) is 2. The first-order chi connectivity index (χ1) is 15.7. The molecular weight excluding hydrogens is 436 g/mol. The third-order valence-corrected chi connectivity index (χ3v) is 6.99. The smallest absolute Gasteiger partial charge is 0.410 e. The summed E-state index contributed by atoms with van der Waals surface area (Å²) in [5.41, 5.74) is 2.84. The van der Waals surface area contributed by atoms with Gasteiger partial charge in [0.15, 0.2) is 0 Å². The molecule has 0 radical (unpaired) electrons. The molecule has 6 nitrogen and oxygen atoms in total. The number of aromatic nitrogens is 1. The summed E-state index contributed by atoms with van der Waals surface area (Å²) < 4.78 is 23.9. The second-order valence-corrected chi connectivity index (χ2v) is 11.3. The molecule has 1 aliphatic heterocycles. The monoisotopic (exact) mass is 466 g/mol. The molecule has 1 fully saturated rings. The van der Waals surface area contributed by atoms with E-state index in [1.807, 2.05) is 62.4 Å². The third-order valence-electron chi connectivity index (χ3n) is 5.73. The summed E-state index contributed by atoms with van der Waals surface area (Å²) >= 11 is 0. The predicted molar refractivity (Wildman–Crippen MR) is 133 cm³/mol. The molecule has 4 rings (SSSR count). The van der Waals surface area contributed by atoms with Gasteiger partial charge in [0.1, 0.15) is 11.9 Å². The number of amides is 1. The summed E-state index contributed by atoms with van der Waals surface area (Å²) in [6, 6.07) is 15.6. The van der Waals surface area contributed by atoms with Crippen LogP contribution in [0.4, 0.5) is 4.79 Å². The minimum Gasteiger partial charge on any atom is -0.490 e. The number of rotatable bonds is 5. The first-order valence-corrected chi connectivity index (χ1v) is 13.3. The fourth-order valence-corrected chi connectivity index (χ4v) is 4.73. The molecule has 1 amide bonds. The Balaban J connectivity index is 1.53. The number of likely N-dealkylation sites (tertiary alicyclic amines) is 1. The number of fused-ring (bicyclic) bond motifs is 1. The Morgan fingerprint density at radius 1 is 1.12 bits per heavy atom. The number of carbonyl (C=O) groups excluding carboxylic acids is 1. The molecule has 1 saturated heterocycles. The van der Waals surface area contributed by atoms with Crippen LogP contribution in [0.5, 0.6) is 5.75 Å². The van der Waals surface area contributed by atoms with Crippen LogP contribution < -0.4 is 4.74 Å². The van der Waals surface area contributed by atoms with Gasteiger partial charge in [-0.25, -0.2) is 4.79 Å². The molecule has 0 N–H and O–H groups in total. The van der Waals surface area contributed by atoms with Gasteiger partial charge in [-0.1, -0.05) is 24.3 Å². The molecule has 0 aliphatic carbocycles. The van der Waals surface area contributed by atoms with E-state index in [0.29, 0.717) is 13.1 Å². The van der Waals surface area contributed by atoms with Gasteiger partial charge in [-0.2, -0.15) is 0 Å². The second-order valence-electron chi connectivity index (χ2n) is 8.78. The normalized spacial score (nSPS) is 16.5. The van der Waals surface area contributed by atoms with E-state index in [0.717, 1.165) is 45.5 Å². The van der Waals surface area contributed by atoms with Gasteiger partial charge in [-0.15, -0.1) is 0 Å². The van der Waals surface area contributed by atoms with Gasteiger partial charge < -0.3 is 14.4 Å². The summed E-state index contributed by atoms with van der Waals surface area (Å²) in [6.45, 7) is 4.94. The van der Waals surface area contributed by atoms with Crippen molar-refractivity contribution in [3.05, 3.63) is 54.7 Å². The molecule has 2 aromatic carbocycles. The van der Waals surface area contributed by atoms with Crippen molar-refractivity contribution in [2.45, 2.75) is 43.8 Å². The van der Waals surface area contributed by atoms with Crippen LogP contribution in [-0.2, 0) is 14.3 Å². The van der Waals surface area contributed by atoms with E-state index >= 15 is 0 Å². The fraction of sp³-hybridized carbons (Fsp3) is 0.346. The van der Waals surface area contributed by atoms with E-state index in [4.69, 9.17) is 9.47 Å². The van der Waals surface area contributed by atoms with E-state index in [1.165, 1.54) is 0 Å². The van der Waals surface area contributed by atoms with Gasteiger partial charge in [0.25, 0.3) is 0 Å². The van der Waals surface area contributed by atoms with E-state index in [1.54, 1.807) is 17.4 Å². The Labute approximate surface area is 195 Å². The van der Waals surface area contributed by atoms with E-state index in [-0.39, 0.29) is 18.3 Å². The molecule has 0 bridgehead atoms. The molecule has 7 heteroatoms. The Kier molecular flexibility index (Phi) is 6.61. The minimum absolute atomic E-state index is 0.0244. The molecule has 1 aromatic heterocycles. The number of hydrogen-bond acceptors (Lipinski definition) is 5. The average molecular weight is 467 g/mol. The average Bonchev–Trinajstić information content (AvgIpc) is 2.78. The van der Waals surface area contributed by atoms with Crippen molar-refractivity contribution < 1.29 is 18.5 Å². The van der Waals surface area contributed by atoms with Crippen molar-refractivity contribution in [2.75, 3.05) is 19.3 Å².